The third kappa shape index (κ3) is 5.02. The summed E-state index contributed by atoms with van der Waals surface area (Å²) in [6.07, 6.45) is 7.47. The number of rotatable bonds is 6. The first-order valence-electron chi connectivity index (χ1n) is 10.3. The molecule has 1 aliphatic heterocycles. The lowest BCUT2D eigenvalue weighted by atomic mass is 10.1. The van der Waals surface area contributed by atoms with Gasteiger partial charge in [-0.15, -0.1) is 0 Å². The number of hydrogen-bond donors (Lipinski definition) is 2. The summed E-state index contributed by atoms with van der Waals surface area (Å²) in [7, 11) is 1.79. The number of aryl methyl sites for hydroxylation is 2. The summed E-state index contributed by atoms with van der Waals surface area (Å²) in [4.78, 5) is 18.9. The van der Waals surface area contributed by atoms with Gasteiger partial charge in [-0.2, -0.15) is 0 Å². The van der Waals surface area contributed by atoms with Gasteiger partial charge in [0.05, 0.1) is 5.69 Å². The predicted octanol–water partition coefficient (Wildman–Crippen LogP) is 2.18. The molecule has 1 aromatic rings. The van der Waals surface area contributed by atoms with Crippen molar-refractivity contribution in [3.05, 3.63) is 17.0 Å². The maximum atomic E-state index is 12.6. The van der Waals surface area contributed by atoms with Gasteiger partial charge in [-0.25, -0.2) is 0 Å². The first-order chi connectivity index (χ1) is 13.1. The van der Waals surface area contributed by atoms with Crippen molar-refractivity contribution in [3.8, 4) is 0 Å². The fourth-order valence-corrected chi connectivity index (χ4v) is 4.23. The molecule has 1 unspecified atom stereocenters. The van der Waals surface area contributed by atoms with Gasteiger partial charge in [-0.1, -0.05) is 18.0 Å². The topological polar surface area (TPSA) is 82.8 Å². The molecule has 2 heterocycles. The first-order valence-corrected chi connectivity index (χ1v) is 10.3. The van der Waals surface area contributed by atoms with Crippen LogP contribution >= 0.6 is 0 Å². The highest BCUT2D eigenvalue weighted by Crippen LogP contribution is 2.27. The van der Waals surface area contributed by atoms with Crippen LogP contribution in [0.15, 0.2) is 9.52 Å². The van der Waals surface area contributed by atoms with Crippen molar-refractivity contribution >= 4 is 11.9 Å². The fraction of sp³-hybridized carbons (Fsp3) is 0.750. The summed E-state index contributed by atoms with van der Waals surface area (Å²) < 4.78 is 5.21. The Kier molecular flexibility index (Phi) is 6.74. The number of amides is 1. The minimum Gasteiger partial charge on any atom is -0.361 e. The van der Waals surface area contributed by atoms with E-state index in [0.717, 1.165) is 69.2 Å². The average Bonchev–Trinajstić information content (AvgIpc) is 3.41. The molecule has 0 bridgehead atoms. The summed E-state index contributed by atoms with van der Waals surface area (Å²) in [5.74, 6) is 2.35. The Balaban J connectivity index is 1.38. The van der Waals surface area contributed by atoms with Crippen LogP contribution in [0.3, 0.4) is 0 Å². The molecule has 1 saturated heterocycles. The van der Waals surface area contributed by atoms with E-state index >= 15 is 0 Å². The van der Waals surface area contributed by atoms with Crippen LogP contribution in [0.5, 0.6) is 0 Å². The molecular formula is C20H33N5O2. The SMILES string of the molecule is CN=C(NCCCc1c(C)noc1C)NC1CCN(C(=O)C2CCCC2)C1. The molecular weight excluding hydrogens is 342 g/mol. The molecule has 1 aromatic heterocycles. The van der Waals surface area contributed by atoms with Crippen LogP contribution in [0.4, 0.5) is 0 Å². The number of aromatic nitrogens is 1. The van der Waals surface area contributed by atoms with E-state index in [1.165, 1.54) is 18.4 Å². The van der Waals surface area contributed by atoms with Gasteiger partial charge >= 0.3 is 0 Å². The number of carbonyl (C=O) groups excluding carboxylic acids is 1. The van der Waals surface area contributed by atoms with E-state index in [1.54, 1.807) is 7.05 Å². The summed E-state index contributed by atoms with van der Waals surface area (Å²) in [6.45, 7) is 6.42. The van der Waals surface area contributed by atoms with Crippen LogP contribution in [-0.4, -0.2) is 54.6 Å². The highest BCUT2D eigenvalue weighted by atomic mass is 16.5. The van der Waals surface area contributed by atoms with Crippen molar-refractivity contribution in [1.29, 1.82) is 0 Å². The molecule has 1 saturated carbocycles. The van der Waals surface area contributed by atoms with E-state index in [2.05, 4.69) is 20.8 Å². The zero-order chi connectivity index (χ0) is 19.2. The molecule has 0 aromatic carbocycles. The van der Waals surface area contributed by atoms with Crippen LogP contribution in [0, 0.1) is 19.8 Å². The molecule has 2 N–H and O–H groups in total. The summed E-state index contributed by atoms with van der Waals surface area (Å²) in [5, 5.41) is 10.9. The highest BCUT2D eigenvalue weighted by Gasteiger charge is 2.32. The second kappa shape index (κ2) is 9.24. The number of aliphatic imine (C=N–C) groups is 1. The molecule has 0 spiro atoms. The van der Waals surface area contributed by atoms with E-state index in [1.807, 2.05) is 18.7 Å². The molecule has 0 radical (unpaired) electrons. The third-order valence-electron chi connectivity index (χ3n) is 5.85. The monoisotopic (exact) mass is 375 g/mol. The Morgan fingerprint density at radius 1 is 1.30 bits per heavy atom. The lowest BCUT2D eigenvalue weighted by Gasteiger charge is -2.21. The van der Waals surface area contributed by atoms with Crippen LogP contribution in [0.25, 0.3) is 0 Å². The van der Waals surface area contributed by atoms with Gasteiger partial charge in [0, 0.05) is 44.2 Å². The number of likely N-dealkylation sites (tertiary alicyclic amines) is 1. The lowest BCUT2D eigenvalue weighted by molar-refractivity contribution is -0.134. The number of carbonyl (C=O) groups is 1. The molecule has 1 atom stereocenters. The Morgan fingerprint density at radius 2 is 2.07 bits per heavy atom. The summed E-state index contributed by atoms with van der Waals surface area (Å²) in [5.41, 5.74) is 2.18. The van der Waals surface area contributed by atoms with E-state index in [-0.39, 0.29) is 12.0 Å². The Bertz CT molecular complexity index is 644. The first kappa shape index (κ1) is 19.7. The maximum absolute atomic E-state index is 12.6. The molecule has 27 heavy (non-hydrogen) atoms. The van der Waals surface area contributed by atoms with Crippen LogP contribution in [0.2, 0.25) is 0 Å². The standard InChI is InChI=1S/C20H33N5O2/c1-14-18(15(2)27-24-14)9-6-11-22-20(21-3)23-17-10-12-25(13-17)19(26)16-7-4-5-8-16/h16-17H,4-13H2,1-3H3,(H2,21,22,23). The van der Waals surface area contributed by atoms with Gasteiger partial charge in [0.1, 0.15) is 5.76 Å². The molecule has 2 fully saturated rings. The van der Waals surface area contributed by atoms with Gasteiger partial charge in [0.15, 0.2) is 5.96 Å². The Labute approximate surface area is 162 Å². The van der Waals surface area contributed by atoms with Crippen LogP contribution < -0.4 is 10.6 Å². The van der Waals surface area contributed by atoms with Crippen molar-refractivity contribution in [2.75, 3.05) is 26.7 Å². The predicted molar refractivity (Wildman–Crippen MR) is 106 cm³/mol. The van der Waals surface area contributed by atoms with E-state index in [9.17, 15) is 4.79 Å². The van der Waals surface area contributed by atoms with E-state index < -0.39 is 0 Å². The zero-order valence-corrected chi connectivity index (χ0v) is 16.9. The molecule has 7 heteroatoms. The summed E-state index contributed by atoms with van der Waals surface area (Å²) >= 11 is 0. The smallest absolute Gasteiger partial charge is 0.225 e. The van der Waals surface area contributed by atoms with E-state index in [4.69, 9.17) is 4.52 Å². The maximum Gasteiger partial charge on any atom is 0.225 e. The van der Waals surface area contributed by atoms with Crippen molar-refractivity contribution in [3.63, 3.8) is 0 Å². The van der Waals surface area contributed by atoms with Crippen molar-refractivity contribution in [2.24, 2.45) is 10.9 Å². The normalized spacial score (nSPS) is 21.1. The minimum absolute atomic E-state index is 0.269. The highest BCUT2D eigenvalue weighted by molar-refractivity contribution is 5.81. The molecule has 150 valence electrons. The van der Waals surface area contributed by atoms with E-state index in [0.29, 0.717) is 5.91 Å². The Hall–Kier alpha value is -2.05. The number of hydrogen-bond acceptors (Lipinski definition) is 4. The number of guanidine groups is 1. The van der Waals surface area contributed by atoms with Crippen molar-refractivity contribution in [1.82, 2.24) is 20.7 Å². The zero-order valence-electron chi connectivity index (χ0n) is 16.9. The molecule has 1 aliphatic carbocycles. The van der Waals surface area contributed by atoms with Crippen molar-refractivity contribution in [2.45, 2.75) is 64.8 Å². The summed E-state index contributed by atoms with van der Waals surface area (Å²) in [6, 6.07) is 0.282. The van der Waals surface area contributed by atoms with Gasteiger partial charge in [0.25, 0.3) is 0 Å². The van der Waals surface area contributed by atoms with Gasteiger partial charge in [0.2, 0.25) is 5.91 Å². The minimum atomic E-state index is 0.269. The van der Waals surface area contributed by atoms with Gasteiger partial charge in [-0.3, -0.25) is 9.79 Å². The quantitative estimate of drug-likeness (QED) is 0.452. The van der Waals surface area contributed by atoms with Gasteiger partial charge < -0.3 is 20.1 Å². The third-order valence-corrected chi connectivity index (χ3v) is 5.85. The molecule has 2 aliphatic rings. The fourth-order valence-electron chi connectivity index (χ4n) is 4.23. The largest absolute Gasteiger partial charge is 0.361 e. The molecule has 1 amide bonds. The number of nitrogens with zero attached hydrogens (tertiary/aromatic N) is 3. The Morgan fingerprint density at radius 3 is 2.74 bits per heavy atom. The second-order valence-corrected chi connectivity index (χ2v) is 7.80. The number of nitrogens with one attached hydrogen (secondary N) is 2. The molecule has 3 rings (SSSR count). The lowest BCUT2D eigenvalue weighted by Crippen LogP contribution is -2.45. The van der Waals surface area contributed by atoms with Crippen molar-refractivity contribution < 1.29 is 9.32 Å². The molecule has 7 nitrogen and oxygen atoms in total. The van der Waals surface area contributed by atoms with Crippen LogP contribution in [-0.2, 0) is 11.2 Å². The second-order valence-electron chi connectivity index (χ2n) is 7.80. The van der Waals surface area contributed by atoms with Gasteiger partial charge in [-0.05, 0) is 46.0 Å². The van der Waals surface area contributed by atoms with Crippen LogP contribution in [0.1, 0.15) is 55.5 Å². The average molecular weight is 376 g/mol.